The molecule has 2 amide bonds. The van der Waals surface area contributed by atoms with Crippen LogP contribution in [0.15, 0.2) is 72.1 Å². The average molecular weight is 575 g/mol. The van der Waals surface area contributed by atoms with Crippen molar-refractivity contribution in [3.8, 4) is 11.4 Å². The maximum absolute atomic E-state index is 13.8. The molecule has 3 aromatic heterocycles. The zero-order valence-electron chi connectivity index (χ0n) is 22.7. The van der Waals surface area contributed by atoms with Crippen LogP contribution >= 0.6 is 0 Å². The number of aryl methyl sites for hydroxylation is 1. The lowest BCUT2D eigenvalue weighted by Crippen LogP contribution is -2.44. The monoisotopic (exact) mass is 574 g/mol. The number of amides is 2. The van der Waals surface area contributed by atoms with Gasteiger partial charge >= 0.3 is 6.03 Å². The van der Waals surface area contributed by atoms with Gasteiger partial charge in [-0.05, 0) is 56.2 Å². The van der Waals surface area contributed by atoms with Crippen molar-refractivity contribution in [3.05, 3.63) is 72.9 Å². The van der Waals surface area contributed by atoms with Crippen molar-refractivity contribution >= 4 is 33.1 Å². The molecule has 1 aromatic carbocycles. The topological polar surface area (TPSA) is 144 Å². The molecule has 1 aliphatic heterocycles. The number of benzene rings is 1. The molecule has 2 aliphatic rings. The van der Waals surface area contributed by atoms with Gasteiger partial charge in [0.25, 0.3) is 0 Å². The quantitative estimate of drug-likeness (QED) is 0.338. The second-order valence-electron chi connectivity index (χ2n) is 10.3. The number of hydrogen-bond donors (Lipinski definition) is 2. The summed E-state index contributed by atoms with van der Waals surface area (Å²) in [7, 11) is -1.95. The van der Waals surface area contributed by atoms with Gasteiger partial charge < -0.3 is 20.3 Å². The molecule has 212 valence electrons. The molecule has 4 aromatic rings. The average Bonchev–Trinajstić information content (AvgIpc) is 3.71. The van der Waals surface area contributed by atoms with Gasteiger partial charge in [-0.15, -0.1) is 0 Å². The minimum absolute atomic E-state index is 0.0659. The van der Waals surface area contributed by atoms with Gasteiger partial charge in [0.1, 0.15) is 10.6 Å². The van der Waals surface area contributed by atoms with Crippen molar-refractivity contribution in [2.75, 3.05) is 35.3 Å². The molecule has 12 nitrogen and oxygen atoms in total. The van der Waals surface area contributed by atoms with Gasteiger partial charge in [0.05, 0.1) is 41.7 Å². The lowest BCUT2D eigenvalue weighted by molar-refractivity contribution is 0.0985. The predicted molar refractivity (Wildman–Crippen MR) is 153 cm³/mol. The summed E-state index contributed by atoms with van der Waals surface area (Å²) in [4.78, 5) is 28.4. The van der Waals surface area contributed by atoms with Crippen LogP contribution in [0.1, 0.15) is 25.5 Å². The predicted octanol–water partition coefficient (Wildman–Crippen LogP) is 3.60. The second kappa shape index (κ2) is 10.6. The zero-order valence-corrected chi connectivity index (χ0v) is 23.5. The molecule has 0 spiro atoms. The van der Waals surface area contributed by atoms with Crippen LogP contribution in [0, 0.1) is 0 Å². The van der Waals surface area contributed by atoms with Gasteiger partial charge in [-0.25, -0.2) is 23.2 Å². The summed E-state index contributed by atoms with van der Waals surface area (Å²) in [5, 5.41) is 9.56. The molecule has 1 saturated heterocycles. The maximum Gasteiger partial charge on any atom is 0.323 e. The molecule has 0 unspecified atom stereocenters. The van der Waals surface area contributed by atoms with Crippen molar-refractivity contribution in [2.24, 2.45) is 7.05 Å². The highest BCUT2D eigenvalue weighted by molar-refractivity contribution is 7.92. The highest BCUT2D eigenvalue weighted by atomic mass is 32.2. The van der Waals surface area contributed by atoms with Gasteiger partial charge in [-0.2, -0.15) is 5.10 Å². The zero-order chi connectivity index (χ0) is 28.6. The van der Waals surface area contributed by atoms with Gasteiger partial charge in [0, 0.05) is 49.5 Å². The van der Waals surface area contributed by atoms with Crippen molar-refractivity contribution in [1.82, 2.24) is 24.7 Å². The summed E-state index contributed by atoms with van der Waals surface area (Å²) in [6.07, 6.45) is 7.18. The number of urea groups is 1. The highest BCUT2D eigenvalue weighted by Crippen LogP contribution is 2.55. The molecule has 41 heavy (non-hydrogen) atoms. The Labute approximate surface area is 237 Å². The number of ether oxygens (including phenoxy) is 1. The Morgan fingerprint density at radius 1 is 1.05 bits per heavy atom. The fourth-order valence-electron chi connectivity index (χ4n) is 5.01. The molecule has 2 N–H and O–H groups in total. The van der Waals surface area contributed by atoms with E-state index in [1.54, 1.807) is 36.3 Å². The largest absolute Gasteiger partial charge is 0.377 e. The van der Waals surface area contributed by atoms with Crippen molar-refractivity contribution < 1.29 is 17.9 Å². The molecular formula is C28H30N8O4S. The van der Waals surface area contributed by atoms with E-state index in [1.807, 2.05) is 18.2 Å². The number of nitrogens with one attached hydrogen (secondary N) is 2. The number of anilines is 3. The number of morpholine rings is 1. The first kappa shape index (κ1) is 26.8. The molecule has 13 heteroatoms. The van der Waals surface area contributed by atoms with Crippen molar-refractivity contribution in [2.45, 2.75) is 35.4 Å². The number of pyridine rings is 1. The summed E-state index contributed by atoms with van der Waals surface area (Å²) in [5.41, 5.74) is 2.33. The first-order chi connectivity index (χ1) is 19.7. The molecular weight excluding hydrogens is 544 g/mol. The van der Waals surface area contributed by atoms with E-state index in [9.17, 15) is 13.2 Å². The number of carbonyl (C=O) groups is 1. The number of hydrogen-bond acceptors (Lipinski definition) is 9. The van der Waals surface area contributed by atoms with E-state index in [0.717, 1.165) is 0 Å². The Balaban J connectivity index is 1.33. The SMILES string of the molecule is C[C@H]1COCCN1c1cc(C2(S(=O)(=O)c3ccncc3)CC2)nc(-c2ccc(NC(=O)Nc3cnn(C)c3)cc2)n1. The smallest absolute Gasteiger partial charge is 0.323 e. The summed E-state index contributed by atoms with van der Waals surface area (Å²) >= 11 is 0. The number of carbonyl (C=O) groups excluding carboxylic acids is 1. The molecule has 1 aliphatic carbocycles. The van der Waals surface area contributed by atoms with E-state index >= 15 is 0 Å². The van der Waals surface area contributed by atoms with Crippen LogP contribution in [0.5, 0.6) is 0 Å². The number of nitrogens with zero attached hydrogens (tertiary/aromatic N) is 6. The van der Waals surface area contributed by atoms with Crippen molar-refractivity contribution in [1.29, 1.82) is 0 Å². The lowest BCUT2D eigenvalue weighted by atomic mass is 10.1. The number of rotatable bonds is 7. The van der Waals surface area contributed by atoms with Crippen LogP contribution in [0.2, 0.25) is 0 Å². The highest BCUT2D eigenvalue weighted by Gasteiger charge is 2.58. The third-order valence-electron chi connectivity index (χ3n) is 7.38. The molecule has 4 heterocycles. The van der Waals surface area contributed by atoms with Crippen LogP contribution < -0.4 is 15.5 Å². The van der Waals surface area contributed by atoms with E-state index in [2.05, 4.69) is 32.5 Å². The van der Waals surface area contributed by atoms with E-state index in [-0.39, 0.29) is 10.9 Å². The van der Waals surface area contributed by atoms with Gasteiger partial charge in [-0.1, -0.05) is 0 Å². The van der Waals surface area contributed by atoms with E-state index in [1.165, 1.54) is 24.5 Å². The number of aromatic nitrogens is 5. The molecule has 0 bridgehead atoms. The molecule has 2 fully saturated rings. The van der Waals surface area contributed by atoms with Crippen LogP contribution in [0.4, 0.5) is 22.0 Å². The summed E-state index contributed by atoms with van der Waals surface area (Å²) in [5.74, 6) is 1.08. The Morgan fingerprint density at radius 3 is 2.44 bits per heavy atom. The van der Waals surface area contributed by atoms with E-state index < -0.39 is 20.6 Å². The van der Waals surface area contributed by atoms with Gasteiger partial charge in [-0.3, -0.25) is 9.67 Å². The van der Waals surface area contributed by atoms with Crippen LogP contribution in [-0.4, -0.2) is 65.0 Å². The Bertz CT molecular complexity index is 1670. The number of sulfone groups is 1. The van der Waals surface area contributed by atoms with Crippen molar-refractivity contribution in [3.63, 3.8) is 0 Å². The van der Waals surface area contributed by atoms with Gasteiger partial charge in [0.2, 0.25) is 0 Å². The van der Waals surface area contributed by atoms with Crippen LogP contribution in [0.3, 0.4) is 0 Å². The third-order valence-corrected chi connectivity index (χ3v) is 9.92. The molecule has 1 saturated carbocycles. The minimum Gasteiger partial charge on any atom is -0.377 e. The van der Waals surface area contributed by atoms with E-state index in [0.29, 0.717) is 66.9 Å². The first-order valence-electron chi connectivity index (χ1n) is 13.3. The van der Waals surface area contributed by atoms with Crippen LogP contribution in [-0.2, 0) is 26.4 Å². The summed E-state index contributed by atoms with van der Waals surface area (Å²) < 4.78 is 33.7. The Kier molecular flexibility index (Phi) is 6.91. The van der Waals surface area contributed by atoms with Crippen LogP contribution in [0.25, 0.3) is 11.4 Å². The summed E-state index contributed by atoms with van der Waals surface area (Å²) in [6.45, 7) is 3.80. The van der Waals surface area contributed by atoms with E-state index in [4.69, 9.17) is 14.7 Å². The molecule has 6 rings (SSSR count). The normalized spacial score (nSPS) is 18.1. The molecule has 0 radical (unpaired) electrons. The summed E-state index contributed by atoms with van der Waals surface area (Å²) in [6, 6.07) is 11.7. The molecule has 1 atom stereocenters. The lowest BCUT2D eigenvalue weighted by Gasteiger charge is -2.34. The second-order valence-corrected chi connectivity index (χ2v) is 12.6. The fourth-order valence-corrected chi connectivity index (χ4v) is 6.96. The Morgan fingerprint density at radius 2 is 1.78 bits per heavy atom. The Hall–Kier alpha value is -4.36. The third kappa shape index (κ3) is 5.25. The van der Waals surface area contributed by atoms with Gasteiger partial charge in [0.15, 0.2) is 15.7 Å². The fraction of sp³-hybridized carbons (Fsp3) is 0.321. The first-order valence-corrected chi connectivity index (χ1v) is 14.8. The standard InChI is InChI=1S/C28H30N8O4S/c1-19-18-40-14-13-36(19)25-15-24(28(9-10-28)41(38,39)23-7-11-29-12-8-23)33-26(34-25)20-3-5-21(6-4-20)31-27(37)32-22-16-30-35(2)17-22/h3-8,11-12,15-17,19H,9-10,13-14,18H2,1-2H3,(H2,31,32,37)/t19-/m0/s1. The minimum atomic E-state index is -3.72. The maximum atomic E-state index is 13.8.